The van der Waals surface area contributed by atoms with E-state index in [2.05, 4.69) is 21.8 Å². The Hall–Kier alpha value is -6.84. The zero-order chi connectivity index (χ0) is 54.7. The van der Waals surface area contributed by atoms with Gasteiger partial charge in [-0.1, -0.05) is 32.4 Å². The van der Waals surface area contributed by atoms with Gasteiger partial charge in [0.05, 0.1) is 26.1 Å². The molecule has 1 aromatic carbocycles. The molecule has 68 heavy (non-hydrogen) atoms. The number of carbonyl (C=O) groups is 9. The minimum absolute atomic E-state index is 0.0129. The molecule has 0 unspecified atom stereocenters. The molecule has 1 aromatic rings. The topological polar surface area (TPSA) is 635 Å². The third kappa shape index (κ3) is 53.5. The largest absolute Gasteiger partial charge is 0.508 e. The van der Waals surface area contributed by atoms with Crippen molar-refractivity contribution in [3.05, 3.63) is 29.8 Å². The highest BCUT2D eigenvalue weighted by Crippen LogP contribution is 2.11. The number of nitrogens with zero attached hydrogens (tertiary/aromatic N) is 1. The molecule has 0 saturated carbocycles. The summed E-state index contributed by atoms with van der Waals surface area (Å²) in [6.07, 6.45) is 3.29. The van der Waals surface area contributed by atoms with Crippen molar-refractivity contribution in [3.8, 4) is 5.75 Å². The Kier molecular flexibility index (Phi) is 48.5. The smallest absolute Gasteiger partial charge is 0.322 e. The molecule has 30 N–H and O–H groups in total. The maximum absolute atomic E-state index is 10.4. The average molecular weight is 990 g/mol. The van der Waals surface area contributed by atoms with E-state index >= 15 is 0 Å². The van der Waals surface area contributed by atoms with Crippen LogP contribution in [0, 0.1) is 5.92 Å². The maximum atomic E-state index is 10.4. The van der Waals surface area contributed by atoms with E-state index in [1.165, 1.54) is 12.1 Å². The number of phenols is 1. The standard InChI is InChI=1S/C9H11NO3.C6H14N4O2.C6H13NO2.C5H9NO2.C4H7NO4.C3H7NO3.2C2H5NO2/c10-8(9(12)13)5-6-1-3-7(11)4-2-6;7-4(5(11)12)2-1-3-10-6(8)9;1-3-4(2)5(7)6(8)9;7-5(8)4-2-1-3-6-4;5-2(4(8)9)1-3(6)7;4-2(1-5)3(6)7;2*3-1-2(4)5/h1-4,8,11H,5,10H2,(H,12,13);4H,1-3,7H2,(H,11,12)(H4,8,9,10);4-5H,3,7H2,1-2H3,(H,8,9);4,6H,1-3H2,(H,7,8);2H,1,5H2,(H,6,7)(H,8,9);2,5H,1,4H2,(H,6,7);2*1,3H2,(H,4,5)/t8-;4-;4-,5-;4-;2*2-;;/m000000../s1. The predicted octanol–water partition coefficient (Wildman–Crippen LogP) is -5.61. The van der Waals surface area contributed by atoms with E-state index in [-0.39, 0.29) is 43.2 Å². The molecular weight excluding hydrogens is 918 g/mol. The number of phenolic OH excluding ortho intramolecular Hbond substituents is 1. The summed E-state index contributed by atoms with van der Waals surface area (Å²) in [4.78, 5) is 92.4. The molecule has 7 atom stereocenters. The van der Waals surface area contributed by atoms with Crippen LogP contribution in [0.15, 0.2) is 29.3 Å². The van der Waals surface area contributed by atoms with Crippen molar-refractivity contribution in [2.75, 3.05) is 32.8 Å². The minimum atomic E-state index is -1.29. The zero-order valence-corrected chi connectivity index (χ0v) is 37.6. The molecule has 0 spiro atoms. The molecule has 394 valence electrons. The summed E-state index contributed by atoms with van der Waals surface area (Å²) < 4.78 is 0. The summed E-state index contributed by atoms with van der Waals surface area (Å²) in [6.45, 7) is 3.97. The lowest BCUT2D eigenvalue weighted by molar-refractivity contribution is -0.144. The van der Waals surface area contributed by atoms with Gasteiger partial charge in [0, 0.05) is 6.54 Å². The first-order valence-corrected chi connectivity index (χ1v) is 19.7. The van der Waals surface area contributed by atoms with Crippen LogP contribution in [0.1, 0.15) is 57.9 Å². The summed E-state index contributed by atoms with van der Waals surface area (Å²) in [5.74, 6) is -9.02. The van der Waals surface area contributed by atoms with Gasteiger partial charge in [-0.15, -0.1) is 0 Å². The van der Waals surface area contributed by atoms with Gasteiger partial charge in [-0.25, -0.2) is 0 Å². The molecule has 0 aromatic heterocycles. The molecule has 0 aliphatic carbocycles. The fourth-order valence-electron chi connectivity index (χ4n) is 3.36. The Morgan fingerprint density at radius 2 is 1.10 bits per heavy atom. The monoisotopic (exact) mass is 989 g/mol. The van der Waals surface area contributed by atoms with Crippen LogP contribution in [0.3, 0.4) is 0 Å². The van der Waals surface area contributed by atoms with Crippen molar-refractivity contribution in [1.29, 1.82) is 0 Å². The molecule has 2 rings (SSSR count). The SMILES string of the molecule is CC[C@H](C)[C@H](N)C(=O)O.NC(N)=NCCC[C@H](N)C(=O)O.NCC(=O)O.NCC(=O)O.N[C@@H](CC(=O)O)C(=O)O.N[C@@H](CO)C(=O)O.N[C@@H](Cc1ccc(O)cc1)C(=O)O.O=C(O)[C@@H]1CCCN1. The highest BCUT2D eigenvalue weighted by Gasteiger charge is 2.20. The van der Waals surface area contributed by atoms with Gasteiger partial charge in [0.15, 0.2) is 5.96 Å². The second-order valence-electron chi connectivity index (χ2n) is 13.3. The Bertz CT molecular complexity index is 1620. The third-order valence-corrected chi connectivity index (χ3v) is 7.47. The Labute approximate surface area is 389 Å². The maximum Gasteiger partial charge on any atom is 0.322 e. The lowest BCUT2D eigenvalue weighted by Crippen LogP contribution is -2.36. The first-order chi connectivity index (χ1) is 31.3. The number of aromatic hydroxyl groups is 1. The van der Waals surface area contributed by atoms with Gasteiger partial charge < -0.3 is 113 Å². The number of hydrogen-bond donors (Lipinski definition) is 21. The summed E-state index contributed by atoms with van der Waals surface area (Å²) in [6, 6.07) is 1.22. The van der Waals surface area contributed by atoms with Crippen LogP contribution >= 0.6 is 0 Å². The summed E-state index contributed by atoms with van der Waals surface area (Å²) in [7, 11) is 0. The zero-order valence-electron chi connectivity index (χ0n) is 37.6. The molecule has 0 bridgehead atoms. The van der Waals surface area contributed by atoms with Crippen molar-refractivity contribution < 1.29 is 99.3 Å². The number of rotatable bonds is 19. The van der Waals surface area contributed by atoms with E-state index in [4.69, 9.17) is 96.3 Å². The van der Waals surface area contributed by atoms with Gasteiger partial charge >= 0.3 is 53.7 Å². The number of hydrogen-bond acceptors (Lipinski definition) is 20. The number of carboxylic acid groups (broad SMARTS) is 9. The van der Waals surface area contributed by atoms with E-state index in [1.54, 1.807) is 12.1 Å². The lowest BCUT2D eigenvalue weighted by atomic mass is 10.0. The lowest BCUT2D eigenvalue weighted by Gasteiger charge is -2.11. The van der Waals surface area contributed by atoms with Gasteiger partial charge in [0.2, 0.25) is 0 Å². The predicted molar refractivity (Wildman–Crippen MR) is 241 cm³/mol. The number of aliphatic hydroxyl groups excluding tert-OH is 1. The first kappa shape index (κ1) is 72.8. The van der Waals surface area contributed by atoms with Crippen LogP contribution in [0.4, 0.5) is 0 Å². The highest BCUT2D eigenvalue weighted by atomic mass is 16.4. The molecule has 0 amide bonds. The van der Waals surface area contributed by atoms with Gasteiger partial charge in [-0.05, 0) is 62.3 Å². The molecule has 1 aliphatic rings. The Morgan fingerprint density at radius 1 is 0.676 bits per heavy atom. The van der Waals surface area contributed by atoms with Gasteiger partial charge in [0.1, 0.15) is 42.0 Å². The van der Waals surface area contributed by atoms with Gasteiger partial charge in [-0.3, -0.25) is 48.1 Å². The normalized spacial score (nSPS) is 14.2. The van der Waals surface area contributed by atoms with Crippen LogP contribution in [-0.4, -0.2) is 185 Å². The Morgan fingerprint density at radius 3 is 1.32 bits per heavy atom. The fraction of sp³-hybridized carbons (Fsp3) is 0.568. The molecule has 0 radical (unpaired) electrons. The average Bonchev–Trinajstić information content (AvgIpc) is 3.82. The van der Waals surface area contributed by atoms with E-state index in [1.807, 2.05) is 13.8 Å². The summed E-state index contributed by atoms with van der Waals surface area (Å²) >= 11 is 0. The molecule has 1 saturated heterocycles. The summed E-state index contributed by atoms with van der Waals surface area (Å²) in [5.41, 5.74) is 45.5. The second kappa shape index (κ2) is 45.3. The third-order valence-electron chi connectivity index (χ3n) is 7.47. The number of guanidine groups is 1. The number of benzene rings is 1. The fourth-order valence-corrected chi connectivity index (χ4v) is 3.36. The van der Waals surface area contributed by atoms with E-state index in [9.17, 15) is 43.2 Å². The van der Waals surface area contributed by atoms with Crippen LogP contribution < -0.4 is 56.9 Å². The minimum Gasteiger partial charge on any atom is -0.508 e. The van der Waals surface area contributed by atoms with Crippen LogP contribution in [0.5, 0.6) is 5.75 Å². The number of nitrogens with two attached hydrogens (primary N) is 9. The van der Waals surface area contributed by atoms with Gasteiger partial charge in [-0.2, -0.15) is 0 Å². The number of carboxylic acids is 9. The van der Waals surface area contributed by atoms with Crippen molar-refractivity contribution in [3.63, 3.8) is 0 Å². The second-order valence-corrected chi connectivity index (χ2v) is 13.3. The van der Waals surface area contributed by atoms with Crippen molar-refractivity contribution in [2.24, 2.45) is 62.5 Å². The van der Waals surface area contributed by atoms with Crippen molar-refractivity contribution in [1.82, 2.24) is 5.32 Å². The van der Waals surface area contributed by atoms with Crippen LogP contribution in [0.2, 0.25) is 0 Å². The molecular formula is C37H71N11O20. The quantitative estimate of drug-likeness (QED) is 0.0349. The molecule has 31 heteroatoms. The molecule has 1 aliphatic heterocycles. The number of nitrogens with one attached hydrogen (secondary N) is 1. The van der Waals surface area contributed by atoms with Crippen LogP contribution in [-0.2, 0) is 49.6 Å². The molecule has 1 fully saturated rings. The van der Waals surface area contributed by atoms with Crippen molar-refractivity contribution >= 4 is 59.7 Å². The summed E-state index contributed by atoms with van der Waals surface area (Å²) in [5, 5.41) is 92.5. The van der Waals surface area contributed by atoms with E-state index in [0.29, 0.717) is 19.4 Å². The van der Waals surface area contributed by atoms with Gasteiger partial charge in [0.25, 0.3) is 0 Å². The van der Waals surface area contributed by atoms with Crippen LogP contribution in [0.25, 0.3) is 0 Å². The van der Waals surface area contributed by atoms with E-state index in [0.717, 1.165) is 31.4 Å². The number of aliphatic hydroxyl groups is 1. The molecule has 31 nitrogen and oxygen atoms in total. The molecule has 1 heterocycles. The van der Waals surface area contributed by atoms with E-state index < -0.39 is 97.0 Å². The first-order valence-electron chi connectivity index (χ1n) is 19.7. The number of aliphatic carboxylic acids is 9. The van der Waals surface area contributed by atoms with Crippen molar-refractivity contribution in [2.45, 2.75) is 95.0 Å². The Balaban J connectivity index is -0.000000165. The highest BCUT2D eigenvalue weighted by molar-refractivity contribution is 5.80. The number of aliphatic imine (C=N–C) groups is 1.